The number of sulfone groups is 1. The maximum Gasteiger partial charge on any atom is 0.220 e. The van der Waals surface area contributed by atoms with Gasteiger partial charge in [-0.2, -0.15) is 0 Å². The highest BCUT2D eigenvalue weighted by molar-refractivity contribution is 7.91. The summed E-state index contributed by atoms with van der Waals surface area (Å²) >= 11 is 0. The van der Waals surface area contributed by atoms with Crippen molar-refractivity contribution in [2.24, 2.45) is 0 Å². The van der Waals surface area contributed by atoms with Crippen molar-refractivity contribution >= 4 is 15.7 Å². The quantitative estimate of drug-likeness (QED) is 0.868. The van der Waals surface area contributed by atoms with E-state index in [9.17, 15) is 22.0 Å². The molecule has 1 saturated heterocycles. The summed E-state index contributed by atoms with van der Waals surface area (Å²) < 4.78 is 54.7. The van der Waals surface area contributed by atoms with Crippen LogP contribution in [0, 0.1) is 11.6 Å². The highest BCUT2D eigenvalue weighted by atomic mass is 32.2. The van der Waals surface area contributed by atoms with E-state index in [4.69, 9.17) is 4.42 Å². The SMILES string of the molecule is O=C(CCc1ncc(-c2ccc(F)cc2F)o1)NC1CCS(=O)(=O)C1. The van der Waals surface area contributed by atoms with Crippen LogP contribution in [-0.4, -0.2) is 36.9 Å². The van der Waals surface area contributed by atoms with Crippen molar-refractivity contribution in [3.8, 4) is 11.3 Å². The minimum absolute atomic E-state index is 0.0360. The molecule has 0 bridgehead atoms. The molecule has 3 rings (SSSR count). The lowest BCUT2D eigenvalue weighted by Gasteiger charge is -2.09. The molecule has 134 valence electrons. The average Bonchev–Trinajstić information content (AvgIpc) is 3.12. The molecule has 0 spiro atoms. The number of rotatable bonds is 5. The minimum Gasteiger partial charge on any atom is -0.441 e. The first kappa shape index (κ1) is 17.5. The monoisotopic (exact) mass is 370 g/mol. The predicted octanol–water partition coefficient (Wildman–Crippen LogP) is 1.86. The largest absolute Gasteiger partial charge is 0.441 e. The van der Waals surface area contributed by atoms with Crippen molar-refractivity contribution in [2.75, 3.05) is 11.5 Å². The standard InChI is InChI=1S/C16H16F2N2O4S/c17-10-1-2-12(13(18)7-10)14-8-19-16(24-14)4-3-15(21)20-11-5-6-25(22,23)9-11/h1-2,7-8,11H,3-6,9H2,(H,20,21). The first-order chi connectivity index (χ1) is 11.8. The van der Waals surface area contributed by atoms with E-state index in [1.807, 2.05) is 0 Å². The number of carbonyl (C=O) groups excluding carboxylic acids is 1. The van der Waals surface area contributed by atoms with Crippen LogP contribution < -0.4 is 5.32 Å². The molecule has 2 heterocycles. The van der Waals surface area contributed by atoms with Crippen molar-refractivity contribution < 1.29 is 26.4 Å². The Kier molecular flexibility index (Phi) is 4.85. The van der Waals surface area contributed by atoms with E-state index >= 15 is 0 Å². The molecule has 1 aliphatic rings. The Balaban J connectivity index is 1.56. The molecule has 1 atom stereocenters. The fourth-order valence-corrected chi connectivity index (χ4v) is 4.34. The predicted molar refractivity (Wildman–Crippen MR) is 85.4 cm³/mol. The number of oxazole rings is 1. The summed E-state index contributed by atoms with van der Waals surface area (Å²) in [5.74, 6) is -1.30. The number of hydrogen-bond donors (Lipinski definition) is 1. The maximum atomic E-state index is 13.7. The third kappa shape index (κ3) is 4.41. The van der Waals surface area contributed by atoms with Crippen LogP contribution in [0.15, 0.2) is 28.8 Å². The van der Waals surface area contributed by atoms with Crippen molar-refractivity contribution in [3.05, 3.63) is 41.9 Å². The Morgan fingerprint density at radius 1 is 1.36 bits per heavy atom. The number of hydrogen-bond acceptors (Lipinski definition) is 5. The van der Waals surface area contributed by atoms with Gasteiger partial charge in [0.15, 0.2) is 21.5 Å². The molecule has 9 heteroatoms. The summed E-state index contributed by atoms with van der Waals surface area (Å²) in [7, 11) is -3.05. The van der Waals surface area contributed by atoms with Gasteiger partial charge in [-0.15, -0.1) is 0 Å². The number of aromatic nitrogens is 1. The van der Waals surface area contributed by atoms with Gasteiger partial charge in [0.2, 0.25) is 5.91 Å². The van der Waals surface area contributed by atoms with Crippen LogP contribution in [0.3, 0.4) is 0 Å². The summed E-state index contributed by atoms with van der Waals surface area (Å²) in [6, 6.07) is 2.76. The maximum absolute atomic E-state index is 13.7. The molecular formula is C16H16F2N2O4S. The number of nitrogens with one attached hydrogen (secondary N) is 1. The summed E-state index contributed by atoms with van der Waals surface area (Å²) in [5.41, 5.74) is 0.0840. The van der Waals surface area contributed by atoms with Gasteiger partial charge in [0.05, 0.1) is 23.3 Å². The van der Waals surface area contributed by atoms with Gasteiger partial charge in [0.25, 0.3) is 0 Å². The van der Waals surface area contributed by atoms with Gasteiger partial charge in [-0.3, -0.25) is 4.79 Å². The van der Waals surface area contributed by atoms with Crippen molar-refractivity contribution in [1.29, 1.82) is 0 Å². The first-order valence-electron chi connectivity index (χ1n) is 7.72. The Hall–Kier alpha value is -2.29. The summed E-state index contributed by atoms with van der Waals surface area (Å²) in [4.78, 5) is 15.9. The van der Waals surface area contributed by atoms with E-state index in [2.05, 4.69) is 10.3 Å². The van der Waals surface area contributed by atoms with Crippen molar-refractivity contribution in [1.82, 2.24) is 10.3 Å². The highest BCUT2D eigenvalue weighted by Gasteiger charge is 2.28. The minimum atomic E-state index is -3.05. The van der Waals surface area contributed by atoms with E-state index in [1.54, 1.807) is 0 Å². The molecule has 0 radical (unpaired) electrons. The van der Waals surface area contributed by atoms with Gasteiger partial charge in [0.1, 0.15) is 11.6 Å². The molecule has 1 aliphatic heterocycles. The molecule has 1 aromatic carbocycles. The third-order valence-corrected chi connectivity index (χ3v) is 5.68. The van der Waals surface area contributed by atoms with E-state index in [0.717, 1.165) is 12.1 Å². The number of halogens is 2. The molecule has 1 unspecified atom stereocenters. The van der Waals surface area contributed by atoms with E-state index < -0.39 is 21.5 Å². The van der Waals surface area contributed by atoms with Crippen molar-refractivity contribution in [3.63, 3.8) is 0 Å². The Bertz CT molecular complexity index is 895. The number of amides is 1. The molecule has 0 aliphatic carbocycles. The van der Waals surface area contributed by atoms with Crippen LogP contribution in [0.1, 0.15) is 18.7 Å². The van der Waals surface area contributed by atoms with Gasteiger partial charge in [-0.1, -0.05) is 0 Å². The van der Waals surface area contributed by atoms with Gasteiger partial charge < -0.3 is 9.73 Å². The van der Waals surface area contributed by atoms with E-state index in [-0.39, 0.29) is 53.5 Å². The summed E-state index contributed by atoms with van der Waals surface area (Å²) in [6.45, 7) is 0. The van der Waals surface area contributed by atoms with E-state index in [1.165, 1.54) is 12.3 Å². The first-order valence-corrected chi connectivity index (χ1v) is 9.54. The zero-order chi connectivity index (χ0) is 18.0. The van der Waals surface area contributed by atoms with Crippen LogP contribution in [0.5, 0.6) is 0 Å². The van der Waals surface area contributed by atoms with Gasteiger partial charge in [-0.25, -0.2) is 22.2 Å². The zero-order valence-electron chi connectivity index (χ0n) is 13.2. The lowest BCUT2D eigenvalue weighted by Crippen LogP contribution is -2.35. The van der Waals surface area contributed by atoms with Crippen LogP contribution >= 0.6 is 0 Å². The normalized spacial score (nSPS) is 19.0. The number of benzene rings is 1. The third-order valence-electron chi connectivity index (χ3n) is 3.91. The number of nitrogens with zero attached hydrogens (tertiary/aromatic N) is 1. The second-order valence-corrected chi connectivity index (χ2v) is 8.14. The zero-order valence-corrected chi connectivity index (χ0v) is 14.0. The number of carbonyl (C=O) groups is 1. The molecule has 0 saturated carbocycles. The molecular weight excluding hydrogens is 354 g/mol. The fourth-order valence-electron chi connectivity index (χ4n) is 2.67. The molecule has 1 aromatic heterocycles. The highest BCUT2D eigenvalue weighted by Crippen LogP contribution is 2.24. The van der Waals surface area contributed by atoms with E-state index in [0.29, 0.717) is 6.42 Å². The lowest BCUT2D eigenvalue weighted by molar-refractivity contribution is -0.121. The van der Waals surface area contributed by atoms with Crippen LogP contribution in [0.4, 0.5) is 8.78 Å². The fraction of sp³-hybridized carbons (Fsp3) is 0.375. The lowest BCUT2D eigenvalue weighted by atomic mass is 10.2. The van der Waals surface area contributed by atoms with Crippen LogP contribution in [0.2, 0.25) is 0 Å². The Labute approximate surface area is 143 Å². The van der Waals surface area contributed by atoms with Crippen molar-refractivity contribution in [2.45, 2.75) is 25.3 Å². The molecule has 1 amide bonds. The summed E-state index contributed by atoms with van der Waals surface area (Å²) in [5, 5.41) is 2.67. The van der Waals surface area contributed by atoms with Crippen LogP contribution in [-0.2, 0) is 21.1 Å². The smallest absolute Gasteiger partial charge is 0.220 e. The van der Waals surface area contributed by atoms with Gasteiger partial charge >= 0.3 is 0 Å². The topological polar surface area (TPSA) is 89.3 Å². The van der Waals surface area contributed by atoms with Gasteiger partial charge in [-0.05, 0) is 18.6 Å². The second kappa shape index (κ2) is 6.91. The molecule has 1 fully saturated rings. The second-order valence-electron chi connectivity index (χ2n) is 5.91. The average molecular weight is 370 g/mol. The summed E-state index contributed by atoms with van der Waals surface area (Å²) in [6.07, 6.45) is 1.99. The molecule has 2 aromatic rings. The molecule has 25 heavy (non-hydrogen) atoms. The molecule has 6 nitrogen and oxygen atoms in total. The van der Waals surface area contributed by atoms with Gasteiger partial charge in [0, 0.05) is 24.9 Å². The van der Waals surface area contributed by atoms with Crippen LogP contribution in [0.25, 0.3) is 11.3 Å². The Morgan fingerprint density at radius 2 is 2.16 bits per heavy atom. The Morgan fingerprint density at radius 3 is 2.84 bits per heavy atom. The number of aryl methyl sites for hydroxylation is 1. The molecule has 1 N–H and O–H groups in total.